The van der Waals surface area contributed by atoms with E-state index in [0.29, 0.717) is 34.7 Å². The molecular weight excluding hydrogens is 546 g/mol. The van der Waals surface area contributed by atoms with E-state index in [-0.39, 0.29) is 23.6 Å². The van der Waals surface area contributed by atoms with Crippen molar-refractivity contribution in [2.45, 2.75) is 31.9 Å². The number of pyridine rings is 1. The van der Waals surface area contributed by atoms with Crippen LogP contribution in [0.4, 0.5) is 11.8 Å². The topological polar surface area (TPSA) is 162 Å². The van der Waals surface area contributed by atoms with Gasteiger partial charge in [-0.15, -0.1) is 0 Å². The highest BCUT2D eigenvalue weighted by atomic mass is 16.5. The van der Waals surface area contributed by atoms with Crippen LogP contribution < -0.4 is 20.9 Å². The van der Waals surface area contributed by atoms with Gasteiger partial charge in [0.05, 0.1) is 31.7 Å². The Morgan fingerprint density at radius 1 is 1.07 bits per heavy atom. The molecule has 2 aromatic heterocycles. The van der Waals surface area contributed by atoms with Gasteiger partial charge >= 0.3 is 0 Å². The van der Waals surface area contributed by atoms with Crippen LogP contribution in [0.1, 0.15) is 63.8 Å². The van der Waals surface area contributed by atoms with Crippen LogP contribution in [0.5, 0.6) is 11.5 Å². The third-order valence-electron chi connectivity index (χ3n) is 7.11. The Balaban J connectivity index is 1.49. The van der Waals surface area contributed by atoms with Gasteiger partial charge in [-0.3, -0.25) is 14.8 Å². The average Bonchev–Trinajstić information content (AvgIpc) is 3.00. The number of hydrazone groups is 1. The zero-order valence-corrected chi connectivity index (χ0v) is 24.4. The molecule has 43 heavy (non-hydrogen) atoms. The number of nitrogens with zero attached hydrogens (tertiary/aromatic N) is 5. The van der Waals surface area contributed by atoms with E-state index in [4.69, 9.17) is 20.9 Å². The van der Waals surface area contributed by atoms with Crippen LogP contribution in [0, 0.1) is 0 Å². The van der Waals surface area contributed by atoms with Gasteiger partial charge in [0.25, 0.3) is 0 Å². The number of anilines is 2. The Kier molecular flexibility index (Phi) is 8.09. The monoisotopic (exact) mass is 579 g/mol. The van der Waals surface area contributed by atoms with Gasteiger partial charge in [-0.05, 0) is 48.7 Å². The number of hydrogen-bond acceptors (Lipinski definition) is 11. The van der Waals surface area contributed by atoms with E-state index < -0.39 is 5.60 Å². The lowest BCUT2D eigenvalue weighted by Crippen LogP contribution is -2.25. The molecule has 0 radical (unpaired) electrons. The van der Waals surface area contributed by atoms with E-state index in [1.54, 1.807) is 61.9 Å². The van der Waals surface area contributed by atoms with Gasteiger partial charge in [-0.1, -0.05) is 30.3 Å². The molecule has 5 rings (SSSR count). The molecule has 2 aromatic carbocycles. The molecule has 0 bridgehead atoms. The lowest BCUT2D eigenvalue weighted by Gasteiger charge is -2.31. The fraction of sp³-hybridized carbons (Fsp3) is 0.219. The maximum Gasteiger partial charge on any atom is 0.221 e. The molecular formula is C32H33N7O4. The number of methoxy groups -OCH3 is 2. The maximum absolute atomic E-state index is 13.7. The summed E-state index contributed by atoms with van der Waals surface area (Å²) in [6.45, 7) is 3.37. The van der Waals surface area contributed by atoms with Gasteiger partial charge in [0.2, 0.25) is 5.95 Å². The molecule has 220 valence electrons. The third kappa shape index (κ3) is 6.16. The Bertz CT molecular complexity index is 1710. The Hall–Kier alpha value is -5.29. The molecule has 1 unspecified atom stereocenters. The molecule has 1 atom stereocenters. The van der Waals surface area contributed by atoms with Gasteiger partial charge < -0.3 is 26.0 Å². The molecule has 0 aliphatic carbocycles. The van der Waals surface area contributed by atoms with Gasteiger partial charge in [0.15, 0.2) is 17.3 Å². The molecule has 1 aliphatic heterocycles. The van der Waals surface area contributed by atoms with Crippen molar-refractivity contribution in [3.8, 4) is 11.5 Å². The number of ketones is 1. The van der Waals surface area contributed by atoms with Gasteiger partial charge in [0.1, 0.15) is 17.5 Å². The van der Waals surface area contributed by atoms with Crippen LogP contribution in [-0.4, -0.2) is 51.3 Å². The van der Waals surface area contributed by atoms with Crippen LogP contribution in [-0.2, 0) is 12.0 Å². The summed E-state index contributed by atoms with van der Waals surface area (Å²) in [6.07, 6.45) is 8.46. The van der Waals surface area contributed by atoms with E-state index in [2.05, 4.69) is 20.1 Å². The predicted octanol–water partition coefficient (Wildman–Crippen LogP) is 4.01. The van der Waals surface area contributed by atoms with Crippen LogP contribution in [0.3, 0.4) is 0 Å². The summed E-state index contributed by atoms with van der Waals surface area (Å²) in [7, 11) is 2.99. The van der Waals surface area contributed by atoms with E-state index >= 15 is 0 Å². The molecule has 0 saturated heterocycles. The van der Waals surface area contributed by atoms with Gasteiger partial charge in [-0.2, -0.15) is 10.1 Å². The van der Waals surface area contributed by atoms with Gasteiger partial charge in [0, 0.05) is 42.2 Å². The molecule has 11 heteroatoms. The SMILES string of the molecule is COc1cc(Cc2cnc(N)nc2N)cc(C(=O)/C=C/N2N=Cc3ccccc3C2c2ccc(C(C)(C)O)nc2)c1OC. The number of fused-ring (bicyclic) bond motifs is 1. The molecule has 4 aromatic rings. The summed E-state index contributed by atoms with van der Waals surface area (Å²) in [5.41, 5.74) is 15.7. The number of rotatable bonds is 9. The van der Waals surface area contributed by atoms with Crippen molar-refractivity contribution in [1.29, 1.82) is 0 Å². The smallest absolute Gasteiger partial charge is 0.221 e. The second-order valence-electron chi connectivity index (χ2n) is 10.6. The molecule has 11 nitrogen and oxygen atoms in total. The number of nitrogens with two attached hydrogens (primary N) is 2. The number of hydrogen-bond donors (Lipinski definition) is 3. The van der Waals surface area contributed by atoms with E-state index in [0.717, 1.165) is 22.3 Å². The Labute approximate surface area is 249 Å². The molecule has 5 N–H and O–H groups in total. The molecule has 0 saturated carbocycles. The predicted molar refractivity (Wildman–Crippen MR) is 164 cm³/mol. The lowest BCUT2D eigenvalue weighted by molar-refractivity contribution is 0.0737. The number of benzene rings is 2. The highest BCUT2D eigenvalue weighted by Crippen LogP contribution is 2.36. The van der Waals surface area contributed by atoms with Crippen LogP contribution in [0.25, 0.3) is 0 Å². The highest BCUT2D eigenvalue weighted by Gasteiger charge is 2.27. The minimum absolute atomic E-state index is 0.0832. The Morgan fingerprint density at radius 3 is 2.53 bits per heavy atom. The minimum Gasteiger partial charge on any atom is -0.493 e. The summed E-state index contributed by atoms with van der Waals surface area (Å²) in [6, 6.07) is 14.8. The first kappa shape index (κ1) is 29.2. The number of nitrogen functional groups attached to an aromatic ring is 2. The summed E-state index contributed by atoms with van der Waals surface area (Å²) in [5.74, 6) is 0.724. The number of aromatic nitrogens is 3. The van der Waals surface area contributed by atoms with Crippen molar-refractivity contribution >= 4 is 23.8 Å². The second-order valence-corrected chi connectivity index (χ2v) is 10.6. The summed E-state index contributed by atoms with van der Waals surface area (Å²) in [4.78, 5) is 26.2. The molecule has 0 fully saturated rings. The standard InChI is InChI=1S/C32H33N7O4/c1-32(2,41)27-10-9-21(16-35-27)28-23-8-6-5-7-20(23)18-37-39(28)12-11-25(40)24-14-19(15-26(42-3)29(24)43-4)13-22-17-36-31(34)38-30(22)33/h5-12,14-18,28,41H,13H2,1-4H3,(H4,33,34,36,38)/b12-11+. The van der Waals surface area contributed by atoms with Crippen LogP contribution >= 0.6 is 0 Å². The van der Waals surface area contributed by atoms with Crippen molar-refractivity contribution in [3.05, 3.63) is 112 Å². The molecule has 1 aliphatic rings. The number of aliphatic hydroxyl groups is 1. The largest absolute Gasteiger partial charge is 0.493 e. The van der Waals surface area contributed by atoms with Crippen molar-refractivity contribution < 1.29 is 19.4 Å². The molecule has 0 spiro atoms. The van der Waals surface area contributed by atoms with Crippen molar-refractivity contribution in [2.24, 2.45) is 5.10 Å². The number of carbonyl (C=O) groups excluding carboxylic acids is 1. The van der Waals surface area contributed by atoms with Crippen molar-refractivity contribution in [1.82, 2.24) is 20.0 Å². The Morgan fingerprint density at radius 2 is 1.86 bits per heavy atom. The zero-order chi connectivity index (χ0) is 30.7. The first-order valence-electron chi connectivity index (χ1n) is 13.5. The summed E-state index contributed by atoms with van der Waals surface area (Å²) < 4.78 is 11.1. The van der Waals surface area contributed by atoms with Gasteiger partial charge in [-0.25, -0.2) is 4.98 Å². The lowest BCUT2D eigenvalue weighted by atomic mass is 9.93. The normalized spacial score (nSPS) is 14.5. The zero-order valence-electron chi connectivity index (χ0n) is 24.4. The third-order valence-corrected chi connectivity index (χ3v) is 7.11. The maximum atomic E-state index is 13.7. The molecule has 3 heterocycles. The van der Waals surface area contributed by atoms with Crippen molar-refractivity contribution in [2.75, 3.05) is 25.7 Å². The second kappa shape index (κ2) is 11.9. The average molecular weight is 580 g/mol. The van der Waals surface area contributed by atoms with Crippen LogP contribution in [0.2, 0.25) is 0 Å². The minimum atomic E-state index is -1.07. The van der Waals surface area contributed by atoms with Crippen molar-refractivity contribution in [3.63, 3.8) is 0 Å². The first-order valence-corrected chi connectivity index (χ1v) is 13.5. The van der Waals surface area contributed by atoms with E-state index in [1.165, 1.54) is 20.3 Å². The number of carbonyl (C=O) groups is 1. The fourth-order valence-corrected chi connectivity index (χ4v) is 4.93. The number of ether oxygens (including phenoxy) is 2. The molecule has 0 amide bonds. The highest BCUT2D eigenvalue weighted by molar-refractivity contribution is 6.07. The first-order chi connectivity index (χ1) is 20.6. The van der Waals surface area contributed by atoms with E-state index in [9.17, 15) is 9.90 Å². The van der Waals surface area contributed by atoms with E-state index in [1.807, 2.05) is 30.3 Å². The number of allylic oxidation sites excluding steroid dienone is 1. The summed E-state index contributed by atoms with van der Waals surface area (Å²) in [5, 5.41) is 16.7. The quantitative estimate of drug-likeness (QED) is 0.195. The van der Waals surface area contributed by atoms with Crippen LogP contribution in [0.15, 0.2) is 78.3 Å². The fourth-order valence-electron chi connectivity index (χ4n) is 4.93. The summed E-state index contributed by atoms with van der Waals surface area (Å²) >= 11 is 0.